The van der Waals surface area contributed by atoms with Crippen molar-refractivity contribution in [3.8, 4) is 0 Å². The van der Waals surface area contributed by atoms with Gasteiger partial charge in [0.1, 0.15) is 0 Å². The molecule has 0 aliphatic heterocycles. The van der Waals surface area contributed by atoms with Crippen molar-refractivity contribution in [1.82, 2.24) is 4.72 Å². The molecule has 0 aliphatic rings. The molecule has 0 aromatic heterocycles. The zero-order chi connectivity index (χ0) is 16.1. The summed E-state index contributed by atoms with van der Waals surface area (Å²) in [4.78, 5) is 0.0908. The molecule has 1 rings (SSSR count). The fourth-order valence-corrected chi connectivity index (χ4v) is 2.96. The molecule has 0 fully saturated rings. The van der Waals surface area contributed by atoms with E-state index in [0.29, 0.717) is 6.54 Å². The molecular weight excluding hydrogens is 305 g/mol. The van der Waals surface area contributed by atoms with Crippen LogP contribution in [0.15, 0.2) is 23.1 Å². The van der Waals surface area contributed by atoms with E-state index in [0.717, 1.165) is 11.1 Å². The number of nitrogens with one attached hydrogen (secondary N) is 1. The molecule has 0 spiro atoms. The zero-order valence-corrected chi connectivity index (χ0v) is 12.5. The Balaban J connectivity index is 2.56. The molecule has 0 atom stereocenters. The van der Waals surface area contributed by atoms with Gasteiger partial charge < -0.3 is 5.73 Å². The van der Waals surface area contributed by atoms with Crippen LogP contribution in [-0.2, 0) is 16.6 Å². The van der Waals surface area contributed by atoms with E-state index >= 15 is 0 Å². The lowest BCUT2D eigenvalue weighted by molar-refractivity contribution is -0.135. The summed E-state index contributed by atoms with van der Waals surface area (Å²) in [6.07, 6.45) is -5.07. The lowest BCUT2D eigenvalue weighted by atomic mass is 10.1. The standard InChI is InChI=1S/C13H19F3N2O2S/c1-10-8-12(5-4-11(10)9-17)21(19,20)18-7-3-2-6-13(14,15)16/h4-5,8,18H,2-3,6-7,9,17H2,1H3. The van der Waals surface area contributed by atoms with Gasteiger partial charge in [0, 0.05) is 19.5 Å². The van der Waals surface area contributed by atoms with Crippen molar-refractivity contribution in [2.45, 2.75) is 43.8 Å². The second-order valence-electron chi connectivity index (χ2n) is 4.76. The number of rotatable bonds is 7. The fraction of sp³-hybridized carbons (Fsp3) is 0.538. The number of unbranched alkanes of at least 4 members (excludes halogenated alkanes) is 1. The lowest BCUT2D eigenvalue weighted by Gasteiger charge is -2.10. The number of benzene rings is 1. The molecule has 1 aromatic rings. The molecule has 0 amide bonds. The molecule has 120 valence electrons. The quantitative estimate of drug-likeness (QED) is 0.757. The third kappa shape index (κ3) is 6.03. The zero-order valence-electron chi connectivity index (χ0n) is 11.7. The number of sulfonamides is 1. The van der Waals surface area contributed by atoms with Gasteiger partial charge in [0.25, 0.3) is 0 Å². The summed E-state index contributed by atoms with van der Waals surface area (Å²) in [5.41, 5.74) is 7.11. The van der Waals surface area contributed by atoms with Crippen molar-refractivity contribution in [2.24, 2.45) is 5.73 Å². The average Bonchev–Trinajstić information content (AvgIpc) is 2.36. The van der Waals surface area contributed by atoms with Gasteiger partial charge in [-0.25, -0.2) is 13.1 Å². The summed E-state index contributed by atoms with van der Waals surface area (Å²) in [6, 6.07) is 4.57. The Labute approximate surface area is 122 Å². The first kappa shape index (κ1) is 17.9. The van der Waals surface area contributed by atoms with Crippen LogP contribution in [0.3, 0.4) is 0 Å². The van der Waals surface area contributed by atoms with Crippen LogP contribution in [0.5, 0.6) is 0 Å². The molecule has 0 aliphatic carbocycles. The number of nitrogens with two attached hydrogens (primary N) is 1. The maximum absolute atomic E-state index is 12.0. The van der Waals surface area contributed by atoms with Gasteiger partial charge in [0.2, 0.25) is 10.0 Å². The Morgan fingerprint density at radius 3 is 2.43 bits per heavy atom. The molecule has 8 heteroatoms. The number of hydrogen-bond acceptors (Lipinski definition) is 3. The van der Waals surface area contributed by atoms with Crippen molar-refractivity contribution >= 4 is 10.0 Å². The predicted octanol–water partition coefficient (Wildman–Crippen LogP) is 2.46. The van der Waals surface area contributed by atoms with Crippen LogP contribution in [0, 0.1) is 6.92 Å². The number of halogens is 3. The molecule has 0 heterocycles. The minimum absolute atomic E-state index is 0.0178. The fourth-order valence-electron chi connectivity index (χ4n) is 1.80. The summed E-state index contributed by atoms with van der Waals surface area (Å²) in [6.45, 7) is 2.05. The van der Waals surface area contributed by atoms with Crippen LogP contribution < -0.4 is 10.5 Å². The van der Waals surface area contributed by atoms with Crippen molar-refractivity contribution < 1.29 is 21.6 Å². The maximum atomic E-state index is 12.0. The lowest BCUT2D eigenvalue weighted by Crippen LogP contribution is -2.25. The largest absolute Gasteiger partial charge is 0.389 e. The van der Waals surface area contributed by atoms with E-state index < -0.39 is 22.6 Å². The first-order valence-electron chi connectivity index (χ1n) is 6.52. The van der Waals surface area contributed by atoms with Crippen molar-refractivity contribution in [3.63, 3.8) is 0 Å². The Morgan fingerprint density at radius 2 is 1.90 bits per heavy atom. The van der Waals surface area contributed by atoms with Gasteiger partial charge in [-0.3, -0.25) is 0 Å². The van der Waals surface area contributed by atoms with Gasteiger partial charge >= 0.3 is 6.18 Å². The van der Waals surface area contributed by atoms with E-state index in [1.165, 1.54) is 12.1 Å². The molecule has 0 saturated heterocycles. The summed E-state index contributed by atoms with van der Waals surface area (Å²) in [7, 11) is -3.70. The topological polar surface area (TPSA) is 72.2 Å². The average molecular weight is 324 g/mol. The van der Waals surface area contributed by atoms with Gasteiger partial charge in [-0.05, 0) is 43.0 Å². The highest BCUT2D eigenvalue weighted by Crippen LogP contribution is 2.22. The number of alkyl halides is 3. The summed E-state index contributed by atoms with van der Waals surface area (Å²) in [5, 5.41) is 0. The van der Waals surface area contributed by atoms with Gasteiger partial charge in [-0.15, -0.1) is 0 Å². The molecule has 0 saturated carbocycles. The van der Waals surface area contributed by atoms with Crippen molar-refractivity contribution in [2.75, 3.05) is 6.54 Å². The second-order valence-corrected chi connectivity index (χ2v) is 6.53. The molecule has 21 heavy (non-hydrogen) atoms. The SMILES string of the molecule is Cc1cc(S(=O)(=O)NCCCCC(F)(F)F)ccc1CN. The smallest absolute Gasteiger partial charge is 0.326 e. The normalized spacial score (nSPS) is 12.6. The first-order valence-corrected chi connectivity index (χ1v) is 8.00. The summed E-state index contributed by atoms with van der Waals surface area (Å²) < 4.78 is 62.1. The monoisotopic (exact) mass is 324 g/mol. The van der Waals surface area contributed by atoms with E-state index in [-0.39, 0.29) is 24.3 Å². The third-order valence-corrected chi connectivity index (χ3v) is 4.48. The Morgan fingerprint density at radius 1 is 1.24 bits per heavy atom. The van der Waals surface area contributed by atoms with E-state index in [1.807, 2.05) is 0 Å². The molecular formula is C13H19F3N2O2S. The molecule has 0 radical (unpaired) electrons. The van der Waals surface area contributed by atoms with Gasteiger partial charge in [-0.1, -0.05) is 6.07 Å². The molecule has 3 N–H and O–H groups in total. The maximum Gasteiger partial charge on any atom is 0.389 e. The highest BCUT2D eigenvalue weighted by Gasteiger charge is 2.26. The third-order valence-electron chi connectivity index (χ3n) is 3.02. The summed E-state index contributed by atoms with van der Waals surface area (Å²) in [5.74, 6) is 0. The van der Waals surface area contributed by atoms with Crippen molar-refractivity contribution in [3.05, 3.63) is 29.3 Å². The van der Waals surface area contributed by atoms with Crippen molar-refractivity contribution in [1.29, 1.82) is 0 Å². The molecule has 0 unspecified atom stereocenters. The van der Waals surface area contributed by atoms with E-state index in [9.17, 15) is 21.6 Å². The Hall–Kier alpha value is -1.12. The van der Waals surface area contributed by atoms with Crippen LogP contribution in [-0.4, -0.2) is 21.1 Å². The van der Waals surface area contributed by atoms with Gasteiger partial charge in [0.05, 0.1) is 4.90 Å². The van der Waals surface area contributed by atoms with Crippen LogP contribution in [0.2, 0.25) is 0 Å². The second kappa shape index (κ2) is 7.24. The van der Waals surface area contributed by atoms with Gasteiger partial charge in [-0.2, -0.15) is 13.2 Å². The Bertz CT molecular complexity index is 571. The first-order chi connectivity index (χ1) is 9.65. The minimum atomic E-state index is -4.20. The predicted molar refractivity (Wildman–Crippen MR) is 74.2 cm³/mol. The molecule has 1 aromatic carbocycles. The van der Waals surface area contributed by atoms with Crippen LogP contribution >= 0.6 is 0 Å². The van der Waals surface area contributed by atoms with E-state index in [2.05, 4.69) is 4.72 Å². The van der Waals surface area contributed by atoms with E-state index in [1.54, 1.807) is 13.0 Å². The van der Waals surface area contributed by atoms with Crippen LogP contribution in [0.25, 0.3) is 0 Å². The number of hydrogen-bond donors (Lipinski definition) is 2. The number of aryl methyl sites for hydroxylation is 1. The van der Waals surface area contributed by atoms with E-state index in [4.69, 9.17) is 5.73 Å². The minimum Gasteiger partial charge on any atom is -0.326 e. The Kier molecular flexibility index (Phi) is 6.18. The molecule has 4 nitrogen and oxygen atoms in total. The molecule has 0 bridgehead atoms. The van der Waals surface area contributed by atoms with Gasteiger partial charge in [0.15, 0.2) is 0 Å². The van der Waals surface area contributed by atoms with Crippen LogP contribution in [0.4, 0.5) is 13.2 Å². The highest BCUT2D eigenvalue weighted by molar-refractivity contribution is 7.89. The highest BCUT2D eigenvalue weighted by atomic mass is 32.2. The van der Waals surface area contributed by atoms with Crippen LogP contribution in [0.1, 0.15) is 30.4 Å². The summed E-state index contributed by atoms with van der Waals surface area (Å²) >= 11 is 0.